The van der Waals surface area contributed by atoms with Crippen LogP contribution < -0.4 is 10.9 Å². The molecule has 2 aromatic rings. The molecule has 0 unspecified atom stereocenters. The summed E-state index contributed by atoms with van der Waals surface area (Å²) in [4.78, 5) is 24.4. The van der Waals surface area contributed by atoms with Crippen molar-refractivity contribution in [3.8, 4) is 0 Å². The number of carbonyl (C=O) groups excluding carboxylic acids is 2. The number of hydrogen-bond donors (Lipinski definition) is 2. The lowest BCUT2D eigenvalue weighted by atomic mass is 10.4. The number of hydrogen-bond acceptors (Lipinski definition) is 4. The molecule has 0 aliphatic carbocycles. The van der Waals surface area contributed by atoms with Crippen molar-refractivity contribution in [1.29, 1.82) is 0 Å². The van der Waals surface area contributed by atoms with Crippen LogP contribution in [0.4, 0.5) is 0 Å². The second-order valence-corrected chi connectivity index (χ2v) is 5.84. The SMILES string of the molecule is Cc1cc(C)n(CC(=O)NNC(=O)/C=C/Sc2ccccc2)n1. The standard InChI is InChI=1S/C16H18N4O2S/c1-12-10-13(2)20(19-12)11-16(22)18-17-15(21)8-9-23-14-6-4-3-5-7-14/h3-10H,11H2,1-2H3,(H,17,21)(H,18,22)/b9-8+. The molecule has 2 amide bonds. The number of benzene rings is 1. The van der Waals surface area contributed by atoms with Gasteiger partial charge in [0.1, 0.15) is 6.54 Å². The smallest absolute Gasteiger partial charge is 0.262 e. The van der Waals surface area contributed by atoms with E-state index in [9.17, 15) is 9.59 Å². The lowest BCUT2D eigenvalue weighted by Gasteiger charge is -2.06. The molecule has 0 aliphatic rings. The molecule has 6 nitrogen and oxygen atoms in total. The van der Waals surface area contributed by atoms with Crippen LogP contribution in [0.25, 0.3) is 0 Å². The third kappa shape index (κ3) is 5.63. The Balaban J connectivity index is 1.73. The zero-order valence-electron chi connectivity index (χ0n) is 12.9. The minimum absolute atomic E-state index is 0.0580. The van der Waals surface area contributed by atoms with Gasteiger partial charge < -0.3 is 0 Å². The summed E-state index contributed by atoms with van der Waals surface area (Å²) in [6.07, 6.45) is 1.36. The summed E-state index contributed by atoms with van der Waals surface area (Å²) < 4.78 is 1.58. The first-order valence-electron chi connectivity index (χ1n) is 7.03. The van der Waals surface area contributed by atoms with E-state index < -0.39 is 5.91 Å². The topological polar surface area (TPSA) is 76.0 Å². The van der Waals surface area contributed by atoms with Gasteiger partial charge >= 0.3 is 0 Å². The number of nitrogens with zero attached hydrogens (tertiary/aromatic N) is 2. The van der Waals surface area contributed by atoms with E-state index >= 15 is 0 Å². The van der Waals surface area contributed by atoms with Gasteiger partial charge in [0.15, 0.2) is 0 Å². The molecule has 7 heteroatoms. The highest BCUT2D eigenvalue weighted by Crippen LogP contribution is 2.17. The highest BCUT2D eigenvalue weighted by atomic mass is 32.2. The zero-order valence-corrected chi connectivity index (χ0v) is 13.8. The zero-order chi connectivity index (χ0) is 16.7. The van der Waals surface area contributed by atoms with Crippen LogP contribution in [-0.2, 0) is 16.1 Å². The predicted octanol–water partition coefficient (Wildman–Crippen LogP) is 1.95. The maximum absolute atomic E-state index is 11.8. The Hall–Kier alpha value is -2.54. The molecule has 1 aromatic heterocycles. The molecule has 1 heterocycles. The van der Waals surface area contributed by atoms with Gasteiger partial charge in [0, 0.05) is 16.7 Å². The van der Waals surface area contributed by atoms with E-state index in [0.717, 1.165) is 16.3 Å². The number of thioether (sulfide) groups is 1. The quantitative estimate of drug-likeness (QED) is 0.499. The van der Waals surface area contributed by atoms with Gasteiger partial charge in [-0.1, -0.05) is 30.0 Å². The van der Waals surface area contributed by atoms with Crippen LogP contribution in [0, 0.1) is 13.8 Å². The minimum Gasteiger partial charge on any atom is -0.271 e. The molecule has 0 fully saturated rings. The first kappa shape index (κ1) is 16.8. The Morgan fingerprint density at radius 1 is 1.22 bits per heavy atom. The van der Waals surface area contributed by atoms with Crippen molar-refractivity contribution < 1.29 is 9.59 Å². The molecule has 120 valence electrons. The average Bonchev–Trinajstić information content (AvgIpc) is 2.84. The maximum atomic E-state index is 11.8. The molecule has 0 saturated carbocycles. The second kappa shape index (κ2) is 8.19. The molecule has 0 saturated heterocycles. The first-order chi connectivity index (χ1) is 11.0. The van der Waals surface area contributed by atoms with Gasteiger partial charge in [0.05, 0.1) is 5.69 Å². The fourth-order valence-corrected chi connectivity index (χ4v) is 2.52. The Morgan fingerprint density at radius 2 is 1.96 bits per heavy atom. The average molecular weight is 330 g/mol. The van der Waals surface area contributed by atoms with E-state index in [4.69, 9.17) is 0 Å². The van der Waals surface area contributed by atoms with Crippen molar-refractivity contribution in [2.75, 3.05) is 0 Å². The van der Waals surface area contributed by atoms with Crippen molar-refractivity contribution >= 4 is 23.6 Å². The van der Waals surface area contributed by atoms with Gasteiger partial charge in [-0.05, 0) is 37.5 Å². The summed E-state index contributed by atoms with van der Waals surface area (Å²) in [5.74, 6) is -0.733. The van der Waals surface area contributed by atoms with E-state index in [1.54, 1.807) is 10.1 Å². The number of aryl methyl sites for hydroxylation is 2. The molecular formula is C16H18N4O2S. The monoisotopic (exact) mass is 330 g/mol. The summed E-state index contributed by atoms with van der Waals surface area (Å²) in [6, 6.07) is 11.6. The maximum Gasteiger partial charge on any atom is 0.262 e. The van der Waals surface area contributed by atoms with Gasteiger partial charge in [0.2, 0.25) is 0 Å². The largest absolute Gasteiger partial charge is 0.271 e. The van der Waals surface area contributed by atoms with Crippen LogP contribution in [0.15, 0.2) is 52.8 Å². The third-order valence-corrected chi connectivity index (χ3v) is 3.71. The van der Waals surface area contributed by atoms with Gasteiger partial charge in [-0.3, -0.25) is 25.1 Å². The summed E-state index contributed by atoms with van der Waals surface area (Å²) in [5.41, 5.74) is 6.43. The van der Waals surface area contributed by atoms with Crippen molar-refractivity contribution in [1.82, 2.24) is 20.6 Å². The molecule has 0 spiro atoms. The van der Waals surface area contributed by atoms with E-state index in [-0.39, 0.29) is 12.5 Å². The van der Waals surface area contributed by atoms with Crippen LogP contribution >= 0.6 is 11.8 Å². The van der Waals surface area contributed by atoms with E-state index in [2.05, 4.69) is 16.0 Å². The van der Waals surface area contributed by atoms with Crippen molar-refractivity contribution in [2.45, 2.75) is 25.3 Å². The molecular weight excluding hydrogens is 312 g/mol. The number of rotatable bonds is 5. The highest BCUT2D eigenvalue weighted by Gasteiger charge is 2.07. The summed E-state index contributed by atoms with van der Waals surface area (Å²) in [5, 5.41) is 5.85. The number of carbonyl (C=O) groups is 2. The van der Waals surface area contributed by atoms with Gasteiger partial charge in [-0.15, -0.1) is 0 Å². The van der Waals surface area contributed by atoms with Gasteiger partial charge in [-0.2, -0.15) is 5.10 Å². The lowest BCUT2D eigenvalue weighted by Crippen LogP contribution is -2.42. The van der Waals surface area contributed by atoms with Crippen LogP contribution in [0.1, 0.15) is 11.4 Å². The van der Waals surface area contributed by atoms with E-state index in [1.807, 2.05) is 50.2 Å². The molecule has 0 radical (unpaired) electrons. The molecule has 1 aromatic carbocycles. The lowest BCUT2D eigenvalue weighted by molar-refractivity contribution is -0.127. The molecule has 23 heavy (non-hydrogen) atoms. The number of hydrazine groups is 1. The number of aromatic nitrogens is 2. The Kier molecular flexibility index (Phi) is 5.99. The molecule has 0 aliphatic heterocycles. The number of amides is 2. The van der Waals surface area contributed by atoms with Gasteiger partial charge in [-0.25, -0.2) is 0 Å². The fourth-order valence-electron chi connectivity index (χ4n) is 1.86. The summed E-state index contributed by atoms with van der Waals surface area (Å²) >= 11 is 1.42. The number of nitrogens with one attached hydrogen (secondary N) is 2. The van der Waals surface area contributed by atoms with Crippen molar-refractivity contribution in [3.63, 3.8) is 0 Å². The van der Waals surface area contributed by atoms with Crippen molar-refractivity contribution in [3.05, 3.63) is 59.3 Å². The predicted molar refractivity (Wildman–Crippen MR) is 89.4 cm³/mol. The Bertz CT molecular complexity index is 710. The van der Waals surface area contributed by atoms with Crippen LogP contribution in [0.5, 0.6) is 0 Å². The minimum atomic E-state index is -0.393. The molecule has 0 bridgehead atoms. The Morgan fingerprint density at radius 3 is 2.61 bits per heavy atom. The van der Waals surface area contributed by atoms with Crippen LogP contribution in [0.3, 0.4) is 0 Å². The third-order valence-electron chi connectivity index (χ3n) is 2.89. The van der Waals surface area contributed by atoms with Gasteiger partial charge in [0.25, 0.3) is 11.8 Å². The summed E-state index contributed by atoms with van der Waals surface area (Å²) in [6.45, 7) is 3.79. The normalized spacial score (nSPS) is 10.7. The molecule has 2 rings (SSSR count). The summed E-state index contributed by atoms with van der Waals surface area (Å²) in [7, 11) is 0. The highest BCUT2D eigenvalue weighted by molar-refractivity contribution is 8.02. The van der Waals surface area contributed by atoms with Crippen LogP contribution in [0.2, 0.25) is 0 Å². The van der Waals surface area contributed by atoms with Crippen molar-refractivity contribution in [2.24, 2.45) is 0 Å². The molecule has 0 atom stereocenters. The first-order valence-corrected chi connectivity index (χ1v) is 7.90. The second-order valence-electron chi connectivity index (χ2n) is 4.86. The van der Waals surface area contributed by atoms with E-state index in [1.165, 1.54) is 17.8 Å². The van der Waals surface area contributed by atoms with Crippen LogP contribution in [-0.4, -0.2) is 21.6 Å². The fraction of sp³-hybridized carbons (Fsp3) is 0.188. The Labute approximate surface area is 138 Å². The molecule has 2 N–H and O–H groups in total. The van der Waals surface area contributed by atoms with E-state index in [0.29, 0.717) is 0 Å².